The summed E-state index contributed by atoms with van der Waals surface area (Å²) in [5.74, 6) is -0.271. The second kappa shape index (κ2) is 5.41. The Morgan fingerprint density at radius 2 is 2.25 bits per heavy atom. The van der Waals surface area contributed by atoms with E-state index in [1.165, 1.54) is 4.88 Å². The summed E-state index contributed by atoms with van der Waals surface area (Å²) in [6, 6.07) is 0. The molecule has 0 aromatic carbocycles. The predicted molar refractivity (Wildman–Crippen MR) is 66.3 cm³/mol. The van der Waals surface area contributed by atoms with Gasteiger partial charge in [-0.05, 0) is 0 Å². The number of primary amides is 1. The highest BCUT2D eigenvalue weighted by Crippen LogP contribution is 2.26. The number of thiazole rings is 1. The zero-order valence-electron chi connectivity index (χ0n) is 10.0. The van der Waals surface area contributed by atoms with E-state index in [9.17, 15) is 4.79 Å². The van der Waals surface area contributed by atoms with E-state index in [1.807, 2.05) is 6.20 Å². The summed E-state index contributed by atoms with van der Waals surface area (Å²) in [6.07, 6.45) is 2.27. The average Bonchev–Trinajstić information content (AvgIpc) is 2.59. The van der Waals surface area contributed by atoms with Crippen LogP contribution in [0.3, 0.4) is 0 Å². The van der Waals surface area contributed by atoms with Gasteiger partial charge < -0.3 is 11.1 Å². The summed E-state index contributed by atoms with van der Waals surface area (Å²) in [7, 11) is 0. The van der Waals surface area contributed by atoms with Gasteiger partial charge in [0.2, 0.25) is 5.91 Å². The van der Waals surface area contributed by atoms with Crippen LogP contribution in [0.25, 0.3) is 0 Å². The van der Waals surface area contributed by atoms with Crippen molar-refractivity contribution in [2.75, 3.05) is 6.54 Å². The Kier molecular flexibility index (Phi) is 4.44. The Hall–Kier alpha value is -0.940. The first-order valence-electron chi connectivity index (χ1n) is 5.34. The molecule has 0 spiro atoms. The maximum absolute atomic E-state index is 10.5. The molecule has 0 fully saturated rings. The minimum absolute atomic E-state index is 0.107. The quantitative estimate of drug-likeness (QED) is 0.766. The molecule has 0 atom stereocenters. The van der Waals surface area contributed by atoms with Crippen molar-refractivity contribution in [2.45, 2.75) is 39.2 Å². The molecule has 0 bridgehead atoms. The van der Waals surface area contributed by atoms with Gasteiger partial charge in [-0.25, -0.2) is 4.98 Å². The molecule has 0 aliphatic heterocycles. The Bertz CT molecular complexity index is 354. The van der Waals surface area contributed by atoms with Crippen LogP contribution in [0.5, 0.6) is 0 Å². The van der Waals surface area contributed by atoms with Crippen LogP contribution in [0.4, 0.5) is 0 Å². The minimum atomic E-state index is -0.271. The number of aromatic nitrogens is 1. The number of hydrogen-bond acceptors (Lipinski definition) is 4. The molecule has 1 amide bonds. The van der Waals surface area contributed by atoms with E-state index in [4.69, 9.17) is 5.73 Å². The molecule has 0 aliphatic rings. The number of rotatable bonds is 5. The van der Waals surface area contributed by atoms with Crippen molar-refractivity contribution in [1.29, 1.82) is 0 Å². The van der Waals surface area contributed by atoms with Gasteiger partial charge >= 0.3 is 0 Å². The highest BCUT2D eigenvalue weighted by atomic mass is 32.1. The molecule has 0 aliphatic carbocycles. The molecule has 0 saturated heterocycles. The topological polar surface area (TPSA) is 68.0 Å². The van der Waals surface area contributed by atoms with Gasteiger partial charge in [0.1, 0.15) is 0 Å². The van der Waals surface area contributed by atoms with Crippen molar-refractivity contribution in [1.82, 2.24) is 10.3 Å². The third-order valence-electron chi connectivity index (χ3n) is 2.04. The summed E-state index contributed by atoms with van der Waals surface area (Å²) in [5.41, 5.74) is 5.15. The Morgan fingerprint density at radius 1 is 1.56 bits per heavy atom. The van der Waals surface area contributed by atoms with Crippen molar-refractivity contribution in [3.63, 3.8) is 0 Å². The number of nitrogens with zero attached hydrogens (tertiary/aromatic N) is 1. The van der Waals surface area contributed by atoms with Gasteiger partial charge in [-0.1, -0.05) is 20.8 Å². The lowest BCUT2D eigenvalue weighted by Gasteiger charge is -2.13. The molecule has 1 heterocycles. The first kappa shape index (κ1) is 13.1. The van der Waals surface area contributed by atoms with Gasteiger partial charge in [0.05, 0.1) is 5.01 Å². The second-order valence-electron chi connectivity index (χ2n) is 4.77. The fourth-order valence-corrected chi connectivity index (χ4v) is 2.10. The second-order valence-corrected chi connectivity index (χ2v) is 5.89. The zero-order chi connectivity index (χ0) is 12.2. The van der Waals surface area contributed by atoms with Crippen molar-refractivity contribution in [2.24, 2.45) is 5.73 Å². The van der Waals surface area contributed by atoms with Crippen molar-refractivity contribution >= 4 is 17.2 Å². The molecule has 4 nitrogen and oxygen atoms in total. The van der Waals surface area contributed by atoms with Crippen LogP contribution in [-0.2, 0) is 16.8 Å². The van der Waals surface area contributed by atoms with E-state index in [0.717, 1.165) is 11.6 Å². The molecular formula is C11H19N3OS. The van der Waals surface area contributed by atoms with Crippen molar-refractivity contribution < 1.29 is 4.79 Å². The van der Waals surface area contributed by atoms with Gasteiger partial charge in [-0.15, -0.1) is 11.3 Å². The van der Waals surface area contributed by atoms with Crippen LogP contribution >= 0.6 is 11.3 Å². The smallest absolute Gasteiger partial charge is 0.218 e. The Morgan fingerprint density at radius 3 is 2.75 bits per heavy atom. The molecule has 90 valence electrons. The van der Waals surface area contributed by atoms with Crippen LogP contribution < -0.4 is 11.1 Å². The number of nitrogens with two attached hydrogens (primary N) is 1. The SMILES string of the molecule is CC(C)(C)c1ncc(CNCCC(N)=O)s1. The summed E-state index contributed by atoms with van der Waals surface area (Å²) in [5, 5.41) is 4.31. The first-order valence-corrected chi connectivity index (χ1v) is 6.15. The summed E-state index contributed by atoms with van der Waals surface area (Å²) >= 11 is 1.71. The largest absolute Gasteiger partial charge is 0.370 e. The number of carbonyl (C=O) groups is 1. The van der Waals surface area contributed by atoms with E-state index < -0.39 is 0 Å². The zero-order valence-corrected chi connectivity index (χ0v) is 10.9. The normalized spacial score (nSPS) is 11.7. The molecule has 0 radical (unpaired) electrons. The number of amides is 1. The minimum Gasteiger partial charge on any atom is -0.370 e. The highest BCUT2D eigenvalue weighted by Gasteiger charge is 2.17. The van der Waals surface area contributed by atoms with Gasteiger partial charge in [-0.3, -0.25) is 4.79 Å². The standard InChI is InChI=1S/C11H19N3OS/c1-11(2,3)10-14-7-8(16-10)6-13-5-4-9(12)15/h7,13H,4-6H2,1-3H3,(H2,12,15). The molecule has 5 heteroatoms. The van der Waals surface area contributed by atoms with Gasteiger partial charge in [0.15, 0.2) is 0 Å². The molecular weight excluding hydrogens is 222 g/mol. The fourth-order valence-electron chi connectivity index (χ4n) is 1.16. The van der Waals surface area contributed by atoms with Crippen LogP contribution in [0.2, 0.25) is 0 Å². The van der Waals surface area contributed by atoms with Gasteiger partial charge in [0.25, 0.3) is 0 Å². The van der Waals surface area contributed by atoms with Crippen molar-refractivity contribution in [3.8, 4) is 0 Å². The number of carbonyl (C=O) groups excluding carboxylic acids is 1. The molecule has 0 unspecified atom stereocenters. The number of nitrogens with one attached hydrogen (secondary N) is 1. The average molecular weight is 241 g/mol. The van der Waals surface area contributed by atoms with Gasteiger partial charge in [-0.2, -0.15) is 0 Å². The Labute approximate surface area is 100 Å². The maximum Gasteiger partial charge on any atom is 0.218 e. The van der Waals surface area contributed by atoms with E-state index in [0.29, 0.717) is 13.0 Å². The van der Waals surface area contributed by atoms with E-state index in [1.54, 1.807) is 11.3 Å². The molecule has 1 aromatic heterocycles. The third kappa shape index (κ3) is 4.28. The Balaban J connectivity index is 2.38. The lowest BCUT2D eigenvalue weighted by Crippen LogP contribution is -2.21. The fraction of sp³-hybridized carbons (Fsp3) is 0.636. The lowest BCUT2D eigenvalue weighted by atomic mass is 9.98. The monoisotopic (exact) mass is 241 g/mol. The summed E-state index contributed by atoms with van der Waals surface area (Å²) in [6.45, 7) is 7.82. The maximum atomic E-state index is 10.5. The van der Waals surface area contributed by atoms with E-state index in [2.05, 4.69) is 31.1 Å². The molecule has 1 aromatic rings. The van der Waals surface area contributed by atoms with Gasteiger partial charge in [0, 0.05) is 36.0 Å². The van der Waals surface area contributed by atoms with Crippen molar-refractivity contribution in [3.05, 3.63) is 16.1 Å². The van der Waals surface area contributed by atoms with Crippen LogP contribution in [0, 0.1) is 0 Å². The lowest BCUT2D eigenvalue weighted by molar-refractivity contribution is -0.117. The van der Waals surface area contributed by atoms with E-state index in [-0.39, 0.29) is 11.3 Å². The summed E-state index contributed by atoms with van der Waals surface area (Å²) in [4.78, 5) is 16.1. The molecule has 0 saturated carbocycles. The molecule has 3 N–H and O–H groups in total. The van der Waals surface area contributed by atoms with Crippen LogP contribution in [0.1, 0.15) is 37.1 Å². The first-order chi connectivity index (χ1) is 7.39. The predicted octanol–water partition coefficient (Wildman–Crippen LogP) is 1.41. The van der Waals surface area contributed by atoms with E-state index >= 15 is 0 Å². The summed E-state index contributed by atoms with van der Waals surface area (Å²) < 4.78 is 0. The van der Waals surface area contributed by atoms with Crippen LogP contribution in [0.15, 0.2) is 6.20 Å². The molecule has 16 heavy (non-hydrogen) atoms. The van der Waals surface area contributed by atoms with Crippen LogP contribution in [-0.4, -0.2) is 17.4 Å². The highest BCUT2D eigenvalue weighted by molar-refractivity contribution is 7.11. The molecule has 1 rings (SSSR count). The third-order valence-corrected chi connectivity index (χ3v) is 3.47. The number of hydrogen-bond donors (Lipinski definition) is 2.